The minimum Gasteiger partial charge on any atom is -0.481 e. The van der Waals surface area contributed by atoms with E-state index < -0.39 is 5.97 Å². The van der Waals surface area contributed by atoms with Gasteiger partial charge in [-0.3, -0.25) is 0 Å². The fraction of sp³-hybridized carbons (Fsp3) is 0.182. The van der Waals surface area contributed by atoms with Gasteiger partial charge in [-0.15, -0.1) is 12.6 Å². The summed E-state index contributed by atoms with van der Waals surface area (Å²) in [5.74, 6) is 0.471. The molecular formula is C11H11N3O3S. The van der Waals surface area contributed by atoms with Gasteiger partial charge in [0, 0.05) is 6.07 Å². The van der Waals surface area contributed by atoms with Gasteiger partial charge < -0.3 is 9.47 Å². The predicted octanol–water partition coefficient (Wildman–Crippen LogP) is 1.35. The van der Waals surface area contributed by atoms with E-state index in [4.69, 9.17) is 4.74 Å². The fourth-order valence-electron chi connectivity index (χ4n) is 1.40. The van der Waals surface area contributed by atoms with Crippen LogP contribution in [-0.4, -0.2) is 35.0 Å². The highest BCUT2D eigenvalue weighted by molar-refractivity contribution is 7.80. The second-order valence-corrected chi connectivity index (χ2v) is 3.75. The van der Waals surface area contributed by atoms with E-state index in [-0.39, 0.29) is 5.56 Å². The molecule has 0 atom stereocenters. The quantitative estimate of drug-likeness (QED) is 0.670. The molecule has 0 saturated heterocycles. The Bertz CT molecular complexity index is 583. The Morgan fingerprint density at radius 2 is 2.17 bits per heavy atom. The molecule has 6 nitrogen and oxygen atoms in total. The number of methoxy groups -OCH3 is 2. The van der Waals surface area contributed by atoms with Gasteiger partial charge in [-0.05, 0) is 6.07 Å². The highest BCUT2D eigenvalue weighted by atomic mass is 32.1. The maximum absolute atomic E-state index is 11.4. The van der Waals surface area contributed by atoms with E-state index in [9.17, 15) is 4.79 Å². The summed E-state index contributed by atoms with van der Waals surface area (Å²) >= 11 is 4.25. The van der Waals surface area contributed by atoms with Crippen molar-refractivity contribution in [1.82, 2.24) is 14.8 Å². The molecule has 0 N–H and O–H groups in total. The van der Waals surface area contributed by atoms with E-state index in [0.717, 1.165) is 0 Å². The average Bonchev–Trinajstić information content (AvgIpc) is 2.80. The molecule has 0 bridgehead atoms. The van der Waals surface area contributed by atoms with Crippen LogP contribution in [0.25, 0.3) is 5.82 Å². The molecular weight excluding hydrogens is 254 g/mol. The second-order valence-electron chi connectivity index (χ2n) is 3.32. The molecule has 0 spiro atoms. The Balaban J connectivity index is 2.45. The van der Waals surface area contributed by atoms with Crippen LogP contribution in [0.4, 0.5) is 0 Å². The number of carbonyl (C=O) groups is 1. The topological polar surface area (TPSA) is 66.2 Å². The van der Waals surface area contributed by atoms with Gasteiger partial charge in [0.2, 0.25) is 5.88 Å². The van der Waals surface area contributed by atoms with Crippen molar-refractivity contribution >= 4 is 18.6 Å². The van der Waals surface area contributed by atoms with Gasteiger partial charge in [-0.1, -0.05) is 6.07 Å². The molecule has 0 aliphatic rings. The van der Waals surface area contributed by atoms with Crippen molar-refractivity contribution < 1.29 is 14.3 Å². The molecule has 2 rings (SSSR count). The van der Waals surface area contributed by atoms with Crippen LogP contribution in [0.3, 0.4) is 0 Å². The summed E-state index contributed by atoms with van der Waals surface area (Å²) in [7, 11) is 2.83. The van der Waals surface area contributed by atoms with E-state index in [1.54, 1.807) is 18.2 Å². The first kappa shape index (κ1) is 12.4. The maximum atomic E-state index is 11.4. The molecule has 0 fully saturated rings. The van der Waals surface area contributed by atoms with Gasteiger partial charge in [0.1, 0.15) is 10.6 Å². The largest absolute Gasteiger partial charge is 0.481 e. The van der Waals surface area contributed by atoms with Crippen molar-refractivity contribution in [1.29, 1.82) is 0 Å². The summed E-state index contributed by atoms with van der Waals surface area (Å²) in [5, 5.41) is 4.42. The third kappa shape index (κ3) is 2.17. The first-order valence-corrected chi connectivity index (χ1v) is 5.49. The summed E-state index contributed by atoms with van der Waals surface area (Å²) in [6.45, 7) is 0. The van der Waals surface area contributed by atoms with E-state index in [2.05, 4.69) is 27.4 Å². The first-order valence-electron chi connectivity index (χ1n) is 5.04. The van der Waals surface area contributed by atoms with Crippen LogP contribution >= 0.6 is 12.6 Å². The lowest BCUT2D eigenvalue weighted by molar-refractivity contribution is 0.0596. The first-order chi connectivity index (χ1) is 8.67. The second kappa shape index (κ2) is 5.09. The summed E-state index contributed by atoms with van der Waals surface area (Å²) in [6.07, 6.45) is 1.38. The zero-order chi connectivity index (χ0) is 13.1. The van der Waals surface area contributed by atoms with Crippen LogP contribution in [-0.2, 0) is 4.74 Å². The molecule has 2 heterocycles. The third-order valence-electron chi connectivity index (χ3n) is 2.28. The number of pyridine rings is 1. The Morgan fingerprint density at radius 1 is 1.39 bits per heavy atom. The predicted molar refractivity (Wildman–Crippen MR) is 66.5 cm³/mol. The molecule has 18 heavy (non-hydrogen) atoms. The summed E-state index contributed by atoms with van der Waals surface area (Å²) in [6, 6.07) is 5.22. The Labute approximate surface area is 109 Å². The van der Waals surface area contributed by atoms with Crippen molar-refractivity contribution in [3.63, 3.8) is 0 Å². The van der Waals surface area contributed by atoms with Gasteiger partial charge in [-0.2, -0.15) is 10.1 Å². The lowest BCUT2D eigenvalue weighted by Crippen LogP contribution is -2.04. The zero-order valence-electron chi connectivity index (χ0n) is 9.82. The van der Waals surface area contributed by atoms with E-state index in [1.807, 2.05) is 0 Å². The molecule has 0 amide bonds. The standard InChI is InChI=1S/C11H11N3O3S/c1-16-9-5-3-4-8(13-9)14-10(18)7(6-12-14)11(15)17-2/h3-6,18H,1-2H3. The van der Waals surface area contributed by atoms with Crippen LogP contribution < -0.4 is 4.74 Å². The Kier molecular flexibility index (Phi) is 3.52. The molecule has 0 aliphatic heterocycles. The fourth-order valence-corrected chi connectivity index (χ4v) is 1.70. The molecule has 0 radical (unpaired) electrons. The van der Waals surface area contributed by atoms with Gasteiger partial charge in [0.15, 0.2) is 5.82 Å². The monoisotopic (exact) mass is 265 g/mol. The Hall–Kier alpha value is -2.02. The molecule has 0 aromatic carbocycles. The lowest BCUT2D eigenvalue weighted by atomic mass is 10.4. The minimum atomic E-state index is -0.492. The molecule has 2 aromatic rings. The normalized spacial score (nSPS) is 10.2. The highest BCUT2D eigenvalue weighted by Crippen LogP contribution is 2.19. The number of ether oxygens (including phenoxy) is 2. The molecule has 7 heteroatoms. The number of rotatable bonds is 3. The van der Waals surface area contributed by atoms with Crippen LogP contribution in [0.1, 0.15) is 10.4 Å². The van der Waals surface area contributed by atoms with Crippen LogP contribution in [0, 0.1) is 0 Å². The van der Waals surface area contributed by atoms with Crippen LogP contribution in [0.2, 0.25) is 0 Å². The number of aromatic nitrogens is 3. The molecule has 2 aromatic heterocycles. The number of carbonyl (C=O) groups excluding carboxylic acids is 1. The number of nitrogens with zero attached hydrogens (tertiary/aromatic N) is 3. The third-order valence-corrected chi connectivity index (χ3v) is 2.71. The van der Waals surface area contributed by atoms with Crippen LogP contribution in [0.5, 0.6) is 5.88 Å². The van der Waals surface area contributed by atoms with Crippen molar-refractivity contribution in [3.8, 4) is 11.7 Å². The molecule has 0 unspecified atom stereocenters. The van der Waals surface area contributed by atoms with Crippen molar-refractivity contribution in [2.75, 3.05) is 14.2 Å². The smallest absolute Gasteiger partial charge is 0.342 e. The molecule has 0 aliphatic carbocycles. The molecule has 0 saturated carbocycles. The van der Waals surface area contributed by atoms with E-state index in [0.29, 0.717) is 16.7 Å². The number of esters is 1. The number of thiol groups is 1. The summed E-state index contributed by atoms with van der Waals surface area (Å²) < 4.78 is 11.1. The summed E-state index contributed by atoms with van der Waals surface area (Å²) in [5.41, 5.74) is 0.283. The summed E-state index contributed by atoms with van der Waals surface area (Å²) in [4.78, 5) is 15.6. The van der Waals surface area contributed by atoms with Gasteiger partial charge in [-0.25, -0.2) is 9.48 Å². The minimum absolute atomic E-state index is 0.283. The van der Waals surface area contributed by atoms with Crippen molar-refractivity contribution in [2.24, 2.45) is 0 Å². The highest BCUT2D eigenvalue weighted by Gasteiger charge is 2.16. The van der Waals surface area contributed by atoms with Gasteiger partial charge in [0.05, 0.1) is 20.4 Å². The van der Waals surface area contributed by atoms with Gasteiger partial charge in [0.25, 0.3) is 0 Å². The van der Waals surface area contributed by atoms with Crippen molar-refractivity contribution in [2.45, 2.75) is 5.03 Å². The zero-order valence-corrected chi connectivity index (χ0v) is 10.7. The molecule has 94 valence electrons. The average molecular weight is 265 g/mol. The lowest BCUT2D eigenvalue weighted by Gasteiger charge is -2.05. The number of hydrogen-bond acceptors (Lipinski definition) is 6. The SMILES string of the molecule is COC(=O)c1cnn(-c2cccc(OC)n2)c1S. The maximum Gasteiger partial charge on any atom is 0.342 e. The van der Waals surface area contributed by atoms with Crippen LogP contribution in [0.15, 0.2) is 29.4 Å². The Morgan fingerprint density at radius 3 is 2.83 bits per heavy atom. The van der Waals surface area contributed by atoms with E-state index in [1.165, 1.54) is 25.1 Å². The van der Waals surface area contributed by atoms with Crippen molar-refractivity contribution in [3.05, 3.63) is 30.0 Å². The van der Waals surface area contributed by atoms with E-state index >= 15 is 0 Å². The van der Waals surface area contributed by atoms with Gasteiger partial charge >= 0.3 is 5.97 Å². The number of hydrogen-bond donors (Lipinski definition) is 1.